The fraction of sp³-hybridized carbons (Fsp3) is 0.486. The number of aliphatic hydroxyl groups excluding tert-OH is 1. The number of nitrogens with zero attached hydrogens (tertiary/aromatic N) is 2. The molecule has 9 heteroatoms. The molecule has 1 aromatic heterocycles. The maximum Gasteiger partial charge on any atom is 0.416 e. The number of ether oxygens (including phenoxy) is 1. The molecule has 1 N–H and O–H groups in total. The maximum atomic E-state index is 14.5. The molecule has 2 heterocycles. The molecule has 3 aromatic rings. The molecule has 2 fully saturated rings. The highest BCUT2D eigenvalue weighted by molar-refractivity contribution is 6.11. The van der Waals surface area contributed by atoms with Gasteiger partial charge in [0.2, 0.25) is 0 Å². The molecule has 1 saturated heterocycles. The fourth-order valence-electron chi connectivity index (χ4n) is 7.62. The van der Waals surface area contributed by atoms with Crippen molar-refractivity contribution in [3.63, 3.8) is 0 Å². The summed E-state index contributed by atoms with van der Waals surface area (Å²) >= 11 is 0. The second-order valence-corrected chi connectivity index (χ2v) is 13.9. The van der Waals surface area contributed by atoms with Crippen LogP contribution in [0.5, 0.6) is 0 Å². The Morgan fingerprint density at radius 3 is 2.22 bits per heavy atom. The number of carbonyl (C=O) groups excluding carboxylic acids is 2. The first kappa shape index (κ1) is 32.2. The molecular weight excluding hydrogens is 593 g/mol. The standard InChI is InChI=1S/C37H41F3N2O4/c1-36(2)20-28-31(29(43)21-36)30(24-16-18-42(19-17-24)35(45)46-22-23-8-4-3-5-9-23)32(33(41-28)25-10-6-7-11-25)34(44)26-12-14-27(15-13-26)37(38,39)40/h3-5,8-9,12-15,24-25,29,43H,6-7,10-11,16-22H2,1-2H3/t29-/m0/s1. The summed E-state index contributed by atoms with van der Waals surface area (Å²) in [5.74, 6) is -0.435. The van der Waals surface area contributed by atoms with Crippen LogP contribution in [0.4, 0.5) is 18.0 Å². The number of piperidine rings is 1. The van der Waals surface area contributed by atoms with Gasteiger partial charge in [-0.2, -0.15) is 13.2 Å². The molecule has 1 amide bonds. The second kappa shape index (κ2) is 12.8. The molecule has 0 radical (unpaired) electrons. The fourth-order valence-corrected chi connectivity index (χ4v) is 7.62. The van der Waals surface area contributed by atoms with Gasteiger partial charge in [-0.3, -0.25) is 9.78 Å². The third-order valence-corrected chi connectivity index (χ3v) is 9.92. The van der Waals surface area contributed by atoms with E-state index in [4.69, 9.17) is 9.72 Å². The van der Waals surface area contributed by atoms with Gasteiger partial charge in [-0.05, 0) is 73.1 Å². The predicted molar refractivity (Wildman–Crippen MR) is 168 cm³/mol. The van der Waals surface area contributed by atoms with E-state index in [1.54, 1.807) is 4.90 Å². The van der Waals surface area contributed by atoms with Gasteiger partial charge in [0.05, 0.1) is 17.4 Å². The number of amides is 1. The molecule has 244 valence electrons. The van der Waals surface area contributed by atoms with Crippen molar-refractivity contribution in [1.82, 2.24) is 9.88 Å². The summed E-state index contributed by atoms with van der Waals surface area (Å²) in [5.41, 5.74) is 3.51. The lowest BCUT2D eigenvalue weighted by Crippen LogP contribution is -2.39. The summed E-state index contributed by atoms with van der Waals surface area (Å²) < 4.78 is 45.7. The average Bonchev–Trinajstić information content (AvgIpc) is 3.57. The first-order valence-corrected chi connectivity index (χ1v) is 16.3. The molecular formula is C37H41F3N2O4. The van der Waals surface area contributed by atoms with Gasteiger partial charge in [-0.15, -0.1) is 0 Å². The molecule has 46 heavy (non-hydrogen) atoms. The quantitative estimate of drug-likeness (QED) is 0.275. The number of aromatic nitrogens is 1. The van der Waals surface area contributed by atoms with Crippen LogP contribution in [0.15, 0.2) is 54.6 Å². The summed E-state index contributed by atoms with van der Waals surface area (Å²) in [7, 11) is 0. The molecule has 0 spiro atoms. The number of alkyl halides is 3. The zero-order valence-corrected chi connectivity index (χ0v) is 26.4. The van der Waals surface area contributed by atoms with Crippen LogP contribution in [0, 0.1) is 5.41 Å². The largest absolute Gasteiger partial charge is 0.445 e. The topological polar surface area (TPSA) is 79.7 Å². The van der Waals surface area contributed by atoms with Crippen LogP contribution in [0.3, 0.4) is 0 Å². The lowest BCUT2D eigenvalue weighted by Gasteiger charge is -2.40. The van der Waals surface area contributed by atoms with Crippen molar-refractivity contribution < 1.29 is 32.6 Å². The van der Waals surface area contributed by atoms with E-state index in [-0.39, 0.29) is 35.2 Å². The van der Waals surface area contributed by atoms with Crippen LogP contribution < -0.4 is 0 Å². The summed E-state index contributed by atoms with van der Waals surface area (Å²) in [6.45, 7) is 5.23. The minimum absolute atomic E-state index is 0.0627. The number of benzene rings is 2. The van der Waals surface area contributed by atoms with Crippen molar-refractivity contribution in [2.24, 2.45) is 5.41 Å². The molecule has 1 saturated carbocycles. The number of aliphatic hydroxyl groups is 1. The number of halogens is 3. The average molecular weight is 635 g/mol. The highest BCUT2D eigenvalue weighted by atomic mass is 19.4. The Labute approximate surface area is 268 Å². The predicted octanol–water partition coefficient (Wildman–Crippen LogP) is 8.51. The van der Waals surface area contributed by atoms with Crippen LogP contribution >= 0.6 is 0 Å². The minimum atomic E-state index is -4.51. The smallest absolute Gasteiger partial charge is 0.416 e. The Morgan fingerprint density at radius 1 is 0.935 bits per heavy atom. The number of fused-ring (bicyclic) bond motifs is 1. The maximum absolute atomic E-state index is 14.5. The number of pyridine rings is 1. The molecule has 6 rings (SSSR count). The monoisotopic (exact) mass is 634 g/mol. The van der Waals surface area contributed by atoms with Crippen molar-refractivity contribution >= 4 is 11.9 Å². The van der Waals surface area contributed by atoms with E-state index in [0.717, 1.165) is 54.6 Å². The molecule has 2 aliphatic carbocycles. The number of hydrogen-bond donors (Lipinski definition) is 1. The van der Waals surface area contributed by atoms with E-state index in [9.17, 15) is 27.9 Å². The van der Waals surface area contributed by atoms with E-state index in [1.807, 2.05) is 30.3 Å². The summed E-state index contributed by atoms with van der Waals surface area (Å²) in [6.07, 6.45) is 0.361. The lowest BCUT2D eigenvalue weighted by atomic mass is 9.69. The van der Waals surface area contributed by atoms with Gasteiger partial charge >= 0.3 is 12.3 Å². The highest BCUT2D eigenvalue weighted by Crippen LogP contribution is 2.49. The van der Waals surface area contributed by atoms with Gasteiger partial charge in [-0.25, -0.2) is 4.79 Å². The molecule has 6 nitrogen and oxygen atoms in total. The zero-order valence-electron chi connectivity index (χ0n) is 26.4. The molecule has 1 aliphatic heterocycles. The Bertz CT molecular complexity index is 1570. The first-order chi connectivity index (χ1) is 21.9. The number of likely N-dealkylation sites (tertiary alicyclic amines) is 1. The summed E-state index contributed by atoms with van der Waals surface area (Å²) in [6, 6.07) is 13.9. The van der Waals surface area contributed by atoms with Gasteiger partial charge in [-0.1, -0.05) is 69.2 Å². The van der Waals surface area contributed by atoms with Gasteiger partial charge in [0, 0.05) is 41.4 Å². The lowest BCUT2D eigenvalue weighted by molar-refractivity contribution is -0.137. The van der Waals surface area contributed by atoms with E-state index in [1.165, 1.54) is 12.1 Å². The van der Waals surface area contributed by atoms with Crippen molar-refractivity contribution in [2.45, 2.75) is 95.9 Å². The number of hydrogen-bond acceptors (Lipinski definition) is 5. The van der Waals surface area contributed by atoms with Gasteiger partial charge in [0.1, 0.15) is 6.61 Å². The van der Waals surface area contributed by atoms with Gasteiger partial charge in [0.25, 0.3) is 0 Å². The molecule has 2 aromatic carbocycles. The van der Waals surface area contributed by atoms with E-state index < -0.39 is 23.9 Å². The molecule has 1 atom stereocenters. The summed E-state index contributed by atoms with van der Waals surface area (Å²) in [4.78, 5) is 34.3. The van der Waals surface area contributed by atoms with Gasteiger partial charge < -0.3 is 14.7 Å². The van der Waals surface area contributed by atoms with E-state index in [2.05, 4.69) is 13.8 Å². The highest BCUT2D eigenvalue weighted by Gasteiger charge is 2.41. The second-order valence-electron chi connectivity index (χ2n) is 13.9. The van der Waals surface area contributed by atoms with Crippen molar-refractivity contribution in [3.05, 3.63) is 99.4 Å². The van der Waals surface area contributed by atoms with Gasteiger partial charge in [0.15, 0.2) is 5.78 Å². The molecule has 0 bridgehead atoms. The van der Waals surface area contributed by atoms with Crippen LogP contribution in [-0.2, 0) is 23.9 Å². The number of rotatable bonds is 6. The number of carbonyl (C=O) groups is 2. The third kappa shape index (κ3) is 6.70. The Morgan fingerprint density at radius 2 is 1.59 bits per heavy atom. The first-order valence-electron chi connectivity index (χ1n) is 16.3. The van der Waals surface area contributed by atoms with Crippen LogP contribution in [0.2, 0.25) is 0 Å². The normalized spacial score (nSPS) is 20.4. The Kier molecular flexibility index (Phi) is 8.98. The zero-order chi connectivity index (χ0) is 32.6. The van der Waals surface area contributed by atoms with Crippen LogP contribution in [0.1, 0.15) is 126 Å². The van der Waals surface area contributed by atoms with Crippen LogP contribution in [-0.4, -0.2) is 40.0 Å². The number of ketones is 1. The van der Waals surface area contributed by atoms with E-state index >= 15 is 0 Å². The van der Waals surface area contributed by atoms with E-state index in [0.29, 0.717) is 55.6 Å². The van der Waals surface area contributed by atoms with Crippen molar-refractivity contribution in [2.75, 3.05) is 13.1 Å². The Hall–Kier alpha value is -3.72. The SMILES string of the molecule is CC1(C)Cc2nc(C3CCCC3)c(C(=O)c3ccc(C(F)(F)F)cc3)c(C3CCN(C(=O)OCc4ccccc4)CC3)c2[C@@H](O)C1. The molecule has 3 aliphatic rings. The van der Waals surface area contributed by atoms with Crippen LogP contribution in [0.25, 0.3) is 0 Å². The minimum Gasteiger partial charge on any atom is -0.445 e. The van der Waals surface area contributed by atoms with Crippen molar-refractivity contribution in [3.8, 4) is 0 Å². The summed E-state index contributed by atoms with van der Waals surface area (Å²) in [5, 5.41) is 11.6. The molecule has 0 unspecified atom stereocenters. The Balaban J connectivity index is 1.38. The third-order valence-electron chi connectivity index (χ3n) is 9.92. The van der Waals surface area contributed by atoms with Crippen molar-refractivity contribution in [1.29, 1.82) is 0 Å².